The SMILES string of the molecule is Cc1ccc2c(-c3ccc4ncc(C(=O)NCC(F)F)n4c3)c[nH]c2n1. The van der Waals surface area contributed by atoms with Crippen LogP contribution in [0.3, 0.4) is 0 Å². The Morgan fingerprint density at radius 1 is 1.31 bits per heavy atom. The first kappa shape index (κ1) is 16.2. The molecule has 2 N–H and O–H groups in total. The molecule has 0 saturated carbocycles. The summed E-state index contributed by atoms with van der Waals surface area (Å²) >= 11 is 0. The van der Waals surface area contributed by atoms with Gasteiger partial charge in [-0.25, -0.2) is 18.7 Å². The largest absolute Gasteiger partial charge is 0.346 e. The molecule has 0 unspecified atom stereocenters. The zero-order valence-electron chi connectivity index (χ0n) is 13.8. The standard InChI is InChI=1S/C18H15F2N5O/c1-10-2-4-12-13(6-22-17(12)24-10)11-3-5-16-21-7-14(25(16)9-11)18(26)23-8-15(19)20/h2-7,9,15H,8H2,1H3,(H,22,24)(H,23,26). The van der Waals surface area contributed by atoms with E-state index in [4.69, 9.17) is 0 Å². The van der Waals surface area contributed by atoms with E-state index in [0.717, 1.165) is 27.9 Å². The van der Waals surface area contributed by atoms with Crippen LogP contribution in [0.15, 0.2) is 42.9 Å². The average molecular weight is 355 g/mol. The first-order valence-electron chi connectivity index (χ1n) is 8.01. The molecule has 26 heavy (non-hydrogen) atoms. The van der Waals surface area contributed by atoms with Crippen molar-refractivity contribution in [1.82, 2.24) is 24.7 Å². The van der Waals surface area contributed by atoms with Crippen molar-refractivity contribution in [3.05, 3.63) is 54.2 Å². The summed E-state index contributed by atoms with van der Waals surface area (Å²) in [6.45, 7) is 1.22. The number of nitrogens with one attached hydrogen (secondary N) is 2. The first-order chi connectivity index (χ1) is 12.5. The van der Waals surface area contributed by atoms with Crippen molar-refractivity contribution in [2.75, 3.05) is 6.54 Å². The summed E-state index contributed by atoms with van der Waals surface area (Å²) in [4.78, 5) is 23.9. The van der Waals surface area contributed by atoms with Gasteiger partial charge in [0.2, 0.25) is 0 Å². The third-order valence-electron chi connectivity index (χ3n) is 4.14. The molecule has 4 heterocycles. The van der Waals surface area contributed by atoms with Gasteiger partial charge in [-0.1, -0.05) is 0 Å². The number of hydrogen-bond acceptors (Lipinski definition) is 3. The Labute approximate surface area is 146 Å². The van der Waals surface area contributed by atoms with Crippen molar-refractivity contribution in [3.63, 3.8) is 0 Å². The van der Waals surface area contributed by atoms with Gasteiger partial charge in [-0.05, 0) is 31.2 Å². The number of hydrogen-bond donors (Lipinski definition) is 2. The second-order valence-electron chi connectivity index (χ2n) is 5.94. The maximum absolute atomic E-state index is 12.3. The number of nitrogens with zero attached hydrogens (tertiary/aromatic N) is 3. The zero-order valence-corrected chi connectivity index (χ0v) is 13.8. The van der Waals surface area contributed by atoms with Gasteiger partial charge >= 0.3 is 0 Å². The molecule has 4 aromatic rings. The van der Waals surface area contributed by atoms with Gasteiger partial charge in [0.1, 0.15) is 17.0 Å². The molecule has 0 aliphatic heterocycles. The van der Waals surface area contributed by atoms with E-state index in [-0.39, 0.29) is 5.69 Å². The number of amides is 1. The summed E-state index contributed by atoms with van der Waals surface area (Å²) in [5, 5.41) is 3.16. The second kappa shape index (κ2) is 6.21. The predicted octanol–water partition coefficient (Wildman–Crippen LogP) is 3.18. The molecule has 0 atom stereocenters. The summed E-state index contributed by atoms with van der Waals surface area (Å²) < 4.78 is 26.3. The van der Waals surface area contributed by atoms with Crippen molar-refractivity contribution >= 4 is 22.6 Å². The molecule has 132 valence electrons. The molecule has 0 spiro atoms. The van der Waals surface area contributed by atoms with Crippen LogP contribution < -0.4 is 5.32 Å². The highest BCUT2D eigenvalue weighted by Gasteiger charge is 2.15. The van der Waals surface area contributed by atoms with Crippen molar-refractivity contribution in [3.8, 4) is 11.1 Å². The number of imidazole rings is 1. The number of fused-ring (bicyclic) bond motifs is 2. The molecule has 4 aromatic heterocycles. The van der Waals surface area contributed by atoms with Crippen LogP contribution >= 0.6 is 0 Å². The Morgan fingerprint density at radius 3 is 2.96 bits per heavy atom. The lowest BCUT2D eigenvalue weighted by Crippen LogP contribution is -2.29. The second-order valence-corrected chi connectivity index (χ2v) is 5.94. The third kappa shape index (κ3) is 2.79. The van der Waals surface area contributed by atoms with E-state index >= 15 is 0 Å². The number of aromatic amines is 1. The van der Waals surface area contributed by atoms with Gasteiger partial charge in [0, 0.05) is 34.6 Å². The summed E-state index contributed by atoms with van der Waals surface area (Å²) in [7, 11) is 0. The Bertz CT molecular complexity index is 1120. The van der Waals surface area contributed by atoms with Crippen molar-refractivity contribution in [2.24, 2.45) is 0 Å². The van der Waals surface area contributed by atoms with Crippen LogP contribution in [0, 0.1) is 6.92 Å². The molecule has 0 aliphatic rings. The van der Waals surface area contributed by atoms with E-state index < -0.39 is 18.9 Å². The summed E-state index contributed by atoms with van der Waals surface area (Å²) in [5.41, 5.74) is 4.24. The van der Waals surface area contributed by atoms with Crippen molar-refractivity contribution < 1.29 is 13.6 Å². The predicted molar refractivity (Wildman–Crippen MR) is 93.4 cm³/mol. The first-order valence-corrected chi connectivity index (χ1v) is 8.01. The van der Waals surface area contributed by atoms with Gasteiger partial charge in [0.05, 0.1) is 12.7 Å². The number of aryl methyl sites for hydroxylation is 1. The fraction of sp³-hybridized carbons (Fsp3) is 0.167. The lowest BCUT2D eigenvalue weighted by Gasteiger charge is -2.06. The quantitative estimate of drug-likeness (QED) is 0.590. The number of carbonyl (C=O) groups is 1. The van der Waals surface area contributed by atoms with E-state index in [1.807, 2.05) is 31.3 Å². The summed E-state index contributed by atoms with van der Waals surface area (Å²) in [6, 6.07) is 7.59. The van der Waals surface area contributed by atoms with Crippen LogP contribution in [0.4, 0.5) is 8.78 Å². The molecule has 4 rings (SSSR count). The maximum Gasteiger partial charge on any atom is 0.270 e. The van der Waals surface area contributed by atoms with Crippen LogP contribution in [0.1, 0.15) is 16.2 Å². The minimum atomic E-state index is -2.60. The van der Waals surface area contributed by atoms with Gasteiger partial charge < -0.3 is 10.3 Å². The topological polar surface area (TPSA) is 75.1 Å². The number of aromatic nitrogens is 4. The minimum absolute atomic E-state index is 0.205. The monoisotopic (exact) mass is 355 g/mol. The zero-order chi connectivity index (χ0) is 18.3. The van der Waals surface area contributed by atoms with Gasteiger partial charge in [-0.2, -0.15) is 0 Å². The highest BCUT2D eigenvalue weighted by molar-refractivity contribution is 5.95. The van der Waals surface area contributed by atoms with E-state index in [2.05, 4.69) is 20.3 Å². The van der Waals surface area contributed by atoms with E-state index in [1.54, 1.807) is 16.7 Å². The number of alkyl halides is 2. The smallest absolute Gasteiger partial charge is 0.270 e. The fourth-order valence-electron chi connectivity index (χ4n) is 2.91. The Hall–Kier alpha value is -3.29. The average Bonchev–Trinajstić information content (AvgIpc) is 3.22. The molecular weight excluding hydrogens is 340 g/mol. The molecule has 0 aromatic carbocycles. The number of halogens is 2. The minimum Gasteiger partial charge on any atom is -0.346 e. The lowest BCUT2D eigenvalue weighted by atomic mass is 10.1. The van der Waals surface area contributed by atoms with Gasteiger partial charge in [-0.3, -0.25) is 9.20 Å². The number of rotatable bonds is 4. The number of H-pyrrole nitrogens is 1. The van der Waals surface area contributed by atoms with Crippen LogP contribution in [-0.4, -0.2) is 38.2 Å². The van der Waals surface area contributed by atoms with Gasteiger partial charge in [-0.15, -0.1) is 0 Å². The third-order valence-corrected chi connectivity index (χ3v) is 4.14. The van der Waals surface area contributed by atoms with Gasteiger partial charge in [0.25, 0.3) is 12.3 Å². The molecular formula is C18H15F2N5O. The highest BCUT2D eigenvalue weighted by Crippen LogP contribution is 2.28. The molecule has 0 aliphatic carbocycles. The molecule has 6 nitrogen and oxygen atoms in total. The normalized spacial score (nSPS) is 11.5. The molecule has 0 saturated heterocycles. The summed E-state index contributed by atoms with van der Waals surface area (Å²) in [5.74, 6) is -0.592. The fourth-order valence-corrected chi connectivity index (χ4v) is 2.91. The van der Waals surface area contributed by atoms with Crippen LogP contribution in [0.25, 0.3) is 27.8 Å². The molecule has 1 amide bonds. The Balaban J connectivity index is 1.77. The number of carbonyl (C=O) groups excluding carboxylic acids is 1. The van der Waals surface area contributed by atoms with Crippen molar-refractivity contribution in [1.29, 1.82) is 0 Å². The van der Waals surface area contributed by atoms with E-state index in [0.29, 0.717) is 5.65 Å². The summed E-state index contributed by atoms with van der Waals surface area (Å²) in [6.07, 6.45) is 2.39. The molecule has 0 bridgehead atoms. The van der Waals surface area contributed by atoms with Crippen molar-refractivity contribution in [2.45, 2.75) is 13.3 Å². The van der Waals surface area contributed by atoms with Crippen LogP contribution in [0.5, 0.6) is 0 Å². The Morgan fingerprint density at radius 2 is 2.15 bits per heavy atom. The van der Waals surface area contributed by atoms with E-state index in [1.165, 1.54) is 6.20 Å². The molecule has 0 radical (unpaired) electrons. The lowest BCUT2D eigenvalue weighted by molar-refractivity contribution is 0.0886. The number of pyridine rings is 2. The van der Waals surface area contributed by atoms with Crippen LogP contribution in [-0.2, 0) is 0 Å². The molecule has 8 heteroatoms. The Kier molecular flexibility index (Phi) is 3.87. The van der Waals surface area contributed by atoms with Crippen LogP contribution in [0.2, 0.25) is 0 Å². The van der Waals surface area contributed by atoms with Gasteiger partial charge in [0.15, 0.2) is 0 Å². The molecule has 0 fully saturated rings. The van der Waals surface area contributed by atoms with E-state index in [9.17, 15) is 13.6 Å². The highest BCUT2D eigenvalue weighted by atomic mass is 19.3. The maximum atomic E-state index is 12.3.